The van der Waals surface area contributed by atoms with E-state index in [0.717, 1.165) is 25.7 Å². The van der Waals surface area contributed by atoms with Gasteiger partial charge < -0.3 is 15.5 Å². The van der Waals surface area contributed by atoms with Gasteiger partial charge in [0, 0.05) is 24.2 Å². The molecule has 1 fully saturated rings. The molecule has 3 amide bonds. The molecule has 1 aliphatic heterocycles. The van der Waals surface area contributed by atoms with Crippen LogP contribution in [-0.4, -0.2) is 36.9 Å². The summed E-state index contributed by atoms with van der Waals surface area (Å²) in [6.07, 6.45) is 4.06. The van der Waals surface area contributed by atoms with Crippen molar-refractivity contribution in [1.82, 2.24) is 10.6 Å². The van der Waals surface area contributed by atoms with E-state index in [-0.39, 0.29) is 17.5 Å². The van der Waals surface area contributed by atoms with Gasteiger partial charge >= 0.3 is 6.03 Å². The maximum atomic E-state index is 14.6. The smallest absolute Gasteiger partial charge is 0.317 e. The lowest BCUT2D eigenvalue weighted by molar-refractivity contribution is -0.119. The third-order valence-corrected chi connectivity index (χ3v) is 5.68. The minimum atomic E-state index is -1.15. The Labute approximate surface area is 175 Å². The third kappa shape index (κ3) is 4.06. The molecule has 0 spiro atoms. The van der Waals surface area contributed by atoms with Gasteiger partial charge in [0.1, 0.15) is 5.82 Å². The number of benzene rings is 2. The van der Waals surface area contributed by atoms with E-state index in [1.807, 2.05) is 12.1 Å². The summed E-state index contributed by atoms with van der Waals surface area (Å²) in [5.74, 6) is -0.818. The molecule has 1 unspecified atom stereocenters. The lowest BCUT2D eigenvalue weighted by Gasteiger charge is -2.25. The van der Waals surface area contributed by atoms with E-state index < -0.39 is 18.0 Å². The molecule has 6 nitrogen and oxygen atoms in total. The average molecular weight is 408 g/mol. The molecule has 2 aromatic rings. The van der Waals surface area contributed by atoms with Crippen LogP contribution in [-0.2, 0) is 4.79 Å². The predicted octanol–water partition coefficient (Wildman–Crippen LogP) is 3.60. The van der Waals surface area contributed by atoms with Gasteiger partial charge in [0.25, 0.3) is 5.91 Å². The van der Waals surface area contributed by atoms with Crippen LogP contribution in [0.15, 0.2) is 53.5 Å². The molecule has 1 saturated carbocycles. The van der Waals surface area contributed by atoms with Gasteiger partial charge in [-0.25, -0.2) is 14.2 Å². The van der Waals surface area contributed by atoms with Crippen molar-refractivity contribution in [2.45, 2.75) is 44.3 Å². The van der Waals surface area contributed by atoms with Crippen molar-refractivity contribution in [3.63, 3.8) is 0 Å². The minimum Gasteiger partial charge on any atom is -0.335 e. The van der Waals surface area contributed by atoms with Crippen molar-refractivity contribution in [2.24, 2.45) is 4.99 Å². The van der Waals surface area contributed by atoms with Crippen molar-refractivity contribution >= 4 is 23.3 Å². The van der Waals surface area contributed by atoms with Crippen molar-refractivity contribution in [1.29, 1.82) is 0 Å². The van der Waals surface area contributed by atoms with Gasteiger partial charge in [-0.15, -0.1) is 0 Å². The van der Waals surface area contributed by atoms with Crippen LogP contribution in [0.1, 0.15) is 43.2 Å². The first kappa shape index (κ1) is 20.1. The zero-order valence-corrected chi connectivity index (χ0v) is 16.9. The second-order valence-corrected chi connectivity index (χ2v) is 7.73. The Balaban J connectivity index is 1.68. The lowest BCUT2D eigenvalue weighted by Crippen LogP contribution is -2.51. The molecule has 2 aliphatic rings. The molecule has 1 atom stereocenters. The van der Waals surface area contributed by atoms with Crippen molar-refractivity contribution in [3.05, 3.63) is 65.5 Å². The number of nitrogens with zero attached hydrogens (tertiary/aromatic N) is 2. The topological polar surface area (TPSA) is 73.8 Å². The summed E-state index contributed by atoms with van der Waals surface area (Å²) < 4.78 is 14.6. The second kappa shape index (κ2) is 8.65. The van der Waals surface area contributed by atoms with Crippen LogP contribution >= 0.6 is 0 Å². The van der Waals surface area contributed by atoms with Gasteiger partial charge in [-0.3, -0.25) is 4.79 Å². The number of amides is 3. The number of aliphatic imine (C=N–C) groups is 1. The summed E-state index contributed by atoms with van der Waals surface area (Å²) in [6, 6.07) is 13.2. The van der Waals surface area contributed by atoms with Gasteiger partial charge in [-0.1, -0.05) is 49.6 Å². The Bertz CT molecular complexity index is 985. The number of likely N-dealkylation sites (N-methyl/N-ethyl adjacent to an activating group) is 1. The molecule has 7 heteroatoms. The molecule has 0 saturated heterocycles. The Morgan fingerprint density at radius 2 is 1.67 bits per heavy atom. The van der Waals surface area contributed by atoms with Gasteiger partial charge in [-0.2, -0.15) is 0 Å². The number of hydrogen-bond acceptors (Lipinski definition) is 3. The number of fused-ring (bicyclic) bond motifs is 1. The Morgan fingerprint density at radius 3 is 2.40 bits per heavy atom. The molecule has 0 bridgehead atoms. The number of halogens is 1. The fourth-order valence-electron chi connectivity index (χ4n) is 4.08. The lowest BCUT2D eigenvalue weighted by atomic mass is 9.96. The van der Waals surface area contributed by atoms with Crippen LogP contribution in [0.5, 0.6) is 0 Å². The Kier molecular flexibility index (Phi) is 5.79. The number of nitrogens with one attached hydrogen (secondary N) is 2. The number of urea groups is 1. The quantitative estimate of drug-likeness (QED) is 0.815. The molecular weight excluding hydrogens is 383 g/mol. The maximum Gasteiger partial charge on any atom is 0.317 e. The summed E-state index contributed by atoms with van der Waals surface area (Å²) in [5, 5.41) is 5.63. The van der Waals surface area contributed by atoms with Crippen LogP contribution in [0.3, 0.4) is 0 Å². The average Bonchev–Trinajstić information content (AvgIpc) is 2.86. The molecule has 1 aliphatic carbocycles. The van der Waals surface area contributed by atoms with Crippen LogP contribution in [0.4, 0.5) is 14.9 Å². The summed E-state index contributed by atoms with van der Waals surface area (Å²) in [5.41, 5.74) is 1.87. The molecule has 2 aromatic carbocycles. The number of para-hydroxylation sites is 1. The van der Waals surface area contributed by atoms with E-state index in [2.05, 4.69) is 15.6 Å². The fourth-order valence-corrected chi connectivity index (χ4v) is 4.08. The van der Waals surface area contributed by atoms with E-state index in [1.54, 1.807) is 37.4 Å². The number of anilines is 1. The summed E-state index contributed by atoms with van der Waals surface area (Å²) in [4.78, 5) is 31.7. The molecule has 156 valence electrons. The first-order valence-corrected chi connectivity index (χ1v) is 10.3. The first-order chi connectivity index (χ1) is 14.5. The van der Waals surface area contributed by atoms with Gasteiger partial charge in [0.05, 0.1) is 11.4 Å². The molecule has 0 aromatic heterocycles. The Morgan fingerprint density at radius 1 is 1.00 bits per heavy atom. The molecule has 4 rings (SSSR count). The number of hydrogen-bond donors (Lipinski definition) is 2. The van der Waals surface area contributed by atoms with Crippen LogP contribution in [0.2, 0.25) is 0 Å². The van der Waals surface area contributed by atoms with Gasteiger partial charge in [-0.05, 0) is 31.0 Å². The summed E-state index contributed by atoms with van der Waals surface area (Å²) in [6.45, 7) is 0. The molecular formula is C23H25FN4O2. The largest absolute Gasteiger partial charge is 0.335 e. The van der Waals surface area contributed by atoms with E-state index in [4.69, 9.17) is 0 Å². The van der Waals surface area contributed by atoms with Crippen molar-refractivity contribution in [2.75, 3.05) is 11.9 Å². The zero-order valence-electron chi connectivity index (χ0n) is 16.9. The highest BCUT2D eigenvalue weighted by molar-refractivity contribution is 6.20. The predicted molar refractivity (Wildman–Crippen MR) is 114 cm³/mol. The normalized spacial score (nSPS) is 19.5. The number of carbonyl (C=O) groups excluding carboxylic acids is 2. The number of benzodiazepines with no additional fused rings is 1. The second-order valence-electron chi connectivity index (χ2n) is 7.73. The van der Waals surface area contributed by atoms with Crippen molar-refractivity contribution in [3.8, 4) is 0 Å². The Hall–Kier alpha value is -3.22. The van der Waals surface area contributed by atoms with Crippen LogP contribution in [0.25, 0.3) is 0 Å². The fraction of sp³-hybridized carbons (Fsp3) is 0.348. The van der Waals surface area contributed by atoms with E-state index in [9.17, 15) is 14.0 Å². The molecule has 1 heterocycles. The highest BCUT2D eigenvalue weighted by Gasteiger charge is 2.32. The maximum absolute atomic E-state index is 14.6. The third-order valence-electron chi connectivity index (χ3n) is 5.68. The SMILES string of the molecule is CN1C(=O)C(NC(=O)NC2CCCCC2)N=C(c2ccccc2F)c2ccccc21. The van der Waals surface area contributed by atoms with E-state index in [1.165, 1.54) is 17.4 Å². The highest BCUT2D eigenvalue weighted by Crippen LogP contribution is 2.28. The zero-order chi connectivity index (χ0) is 21.1. The standard InChI is InChI=1S/C23H25FN4O2/c1-28-19-14-8-6-12-17(19)20(16-11-5-7-13-18(16)24)26-21(22(28)29)27-23(30)25-15-9-3-2-4-10-15/h5-8,11-15,21H,2-4,9-10H2,1H3,(H2,25,27,30). The van der Waals surface area contributed by atoms with Crippen molar-refractivity contribution < 1.29 is 14.0 Å². The monoisotopic (exact) mass is 408 g/mol. The summed E-state index contributed by atoms with van der Waals surface area (Å²) >= 11 is 0. The highest BCUT2D eigenvalue weighted by atomic mass is 19.1. The van der Waals surface area contributed by atoms with Gasteiger partial charge in [0.2, 0.25) is 6.17 Å². The summed E-state index contributed by atoms with van der Waals surface area (Å²) in [7, 11) is 1.63. The molecule has 30 heavy (non-hydrogen) atoms. The number of rotatable bonds is 3. The van der Waals surface area contributed by atoms with Crippen LogP contribution in [0, 0.1) is 5.82 Å². The molecule has 2 N–H and O–H groups in total. The van der Waals surface area contributed by atoms with Gasteiger partial charge in [0.15, 0.2) is 0 Å². The first-order valence-electron chi connectivity index (χ1n) is 10.3. The molecule has 0 radical (unpaired) electrons. The minimum absolute atomic E-state index is 0.101. The van der Waals surface area contributed by atoms with Crippen LogP contribution < -0.4 is 15.5 Å². The number of carbonyl (C=O) groups is 2. The van der Waals surface area contributed by atoms with E-state index in [0.29, 0.717) is 17.0 Å². The van der Waals surface area contributed by atoms with E-state index >= 15 is 0 Å².